The van der Waals surface area contributed by atoms with Crippen molar-refractivity contribution in [1.29, 1.82) is 0 Å². The van der Waals surface area contributed by atoms with Crippen LogP contribution in [0.25, 0.3) is 0 Å². The number of nitrogen functional groups attached to an aromatic ring is 1. The predicted octanol–water partition coefficient (Wildman–Crippen LogP) is 2.97. The molecule has 7 nitrogen and oxygen atoms in total. The fourth-order valence-corrected chi connectivity index (χ4v) is 3.69. The average Bonchev–Trinajstić information content (AvgIpc) is 2.86. The molecule has 0 aliphatic heterocycles. The Morgan fingerprint density at radius 1 is 0.806 bits per heavy atom. The van der Waals surface area contributed by atoms with E-state index in [1.807, 2.05) is 30.3 Å². The number of halogens is 1. The van der Waals surface area contributed by atoms with E-state index in [0.29, 0.717) is 11.3 Å². The number of esters is 1. The number of hydrogen-bond donors (Lipinski definition) is 3. The van der Waals surface area contributed by atoms with Crippen molar-refractivity contribution in [2.75, 3.05) is 12.3 Å². The maximum Gasteiger partial charge on any atom is 0.328 e. The lowest BCUT2D eigenvalue weighted by Crippen LogP contribution is -2.53. The molecule has 3 aromatic carbocycles. The Morgan fingerprint density at radius 2 is 1.39 bits per heavy atom. The van der Waals surface area contributed by atoms with Gasteiger partial charge >= 0.3 is 5.97 Å². The number of nitrogens with two attached hydrogens (primary N) is 1. The number of carbonyl (C=O) groups is 3. The van der Waals surface area contributed by atoms with Crippen molar-refractivity contribution in [2.45, 2.75) is 38.3 Å². The van der Waals surface area contributed by atoms with Crippen molar-refractivity contribution in [1.82, 2.24) is 10.6 Å². The summed E-state index contributed by atoms with van der Waals surface area (Å²) in [4.78, 5) is 38.7. The quantitative estimate of drug-likeness (QED) is 0.282. The average molecular weight is 492 g/mol. The molecule has 0 radical (unpaired) electrons. The van der Waals surface area contributed by atoms with Gasteiger partial charge in [-0.3, -0.25) is 9.59 Å². The fourth-order valence-electron chi connectivity index (χ4n) is 3.69. The first-order valence-electron chi connectivity index (χ1n) is 11.7. The predicted molar refractivity (Wildman–Crippen MR) is 135 cm³/mol. The van der Waals surface area contributed by atoms with E-state index in [1.54, 1.807) is 43.3 Å². The monoisotopic (exact) mass is 491 g/mol. The van der Waals surface area contributed by atoms with Gasteiger partial charge in [0.05, 0.1) is 13.0 Å². The van der Waals surface area contributed by atoms with Crippen LogP contribution in [0.1, 0.15) is 23.6 Å². The van der Waals surface area contributed by atoms with Gasteiger partial charge in [0.2, 0.25) is 11.8 Å². The molecule has 8 heteroatoms. The molecule has 0 aromatic heterocycles. The molecule has 0 aliphatic carbocycles. The van der Waals surface area contributed by atoms with Crippen molar-refractivity contribution >= 4 is 23.5 Å². The minimum absolute atomic E-state index is 0.100. The topological polar surface area (TPSA) is 111 Å². The molecule has 0 bridgehead atoms. The lowest BCUT2D eigenvalue weighted by molar-refractivity contribution is -0.147. The van der Waals surface area contributed by atoms with Crippen molar-refractivity contribution in [2.24, 2.45) is 0 Å². The van der Waals surface area contributed by atoms with E-state index >= 15 is 0 Å². The van der Waals surface area contributed by atoms with Crippen LogP contribution < -0.4 is 16.4 Å². The molecule has 3 rings (SSSR count). The molecule has 4 N–H and O–H groups in total. The van der Waals surface area contributed by atoms with Crippen LogP contribution in [0.3, 0.4) is 0 Å². The van der Waals surface area contributed by atoms with E-state index in [-0.39, 0.29) is 31.8 Å². The highest BCUT2D eigenvalue weighted by molar-refractivity contribution is 5.91. The zero-order chi connectivity index (χ0) is 25.9. The minimum Gasteiger partial charge on any atom is -0.464 e. The maximum absolute atomic E-state index is 13.3. The van der Waals surface area contributed by atoms with Crippen LogP contribution in [0.15, 0.2) is 78.9 Å². The van der Waals surface area contributed by atoms with Crippen molar-refractivity contribution in [3.05, 3.63) is 101 Å². The molecule has 3 aromatic rings. The molecule has 188 valence electrons. The molecule has 36 heavy (non-hydrogen) atoms. The second-order valence-corrected chi connectivity index (χ2v) is 8.37. The first kappa shape index (κ1) is 26.4. The smallest absolute Gasteiger partial charge is 0.328 e. The number of amides is 2. The Labute approximate surface area is 209 Å². The van der Waals surface area contributed by atoms with Gasteiger partial charge in [0, 0.05) is 18.5 Å². The van der Waals surface area contributed by atoms with Gasteiger partial charge in [0.25, 0.3) is 0 Å². The molecule has 2 atom stereocenters. The van der Waals surface area contributed by atoms with E-state index in [2.05, 4.69) is 10.6 Å². The number of anilines is 1. The number of nitrogens with one attached hydrogen (secondary N) is 2. The lowest BCUT2D eigenvalue weighted by atomic mass is 10.0. The van der Waals surface area contributed by atoms with Gasteiger partial charge in [-0.15, -0.1) is 0 Å². The van der Waals surface area contributed by atoms with Crippen LogP contribution in [0.4, 0.5) is 10.1 Å². The Morgan fingerprint density at radius 3 is 2.00 bits per heavy atom. The Bertz CT molecular complexity index is 1150. The van der Waals surface area contributed by atoms with Gasteiger partial charge in [-0.05, 0) is 47.9 Å². The highest BCUT2D eigenvalue weighted by Gasteiger charge is 2.28. The number of ether oxygens (including phenoxy) is 1. The van der Waals surface area contributed by atoms with E-state index in [4.69, 9.17) is 10.5 Å². The second kappa shape index (κ2) is 13.0. The molecule has 0 saturated heterocycles. The number of carbonyl (C=O) groups excluding carboxylic acids is 3. The van der Waals surface area contributed by atoms with Gasteiger partial charge in [-0.1, -0.05) is 54.6 Å². The van der Waals surface area contributed by atoms with Crippen LogP contribution in [-0.4, -0.2) is 36.5 Å². The van der Waals surface area contributed by atoms with E-state index < -0.39 is 29.8 Å². The van der Waals surface area contributed by atoms with Crippen molar-refractivity contribution in [3.8, 4) is 0 Å². The number of hydrogen-bond acceptors (Lipinski definition) is 5. The third kappa shape index (κ3) is 8.23. The summed E-state index contributed by atoms with van der Waals surface area (Å²) < 4.78 is 18.5. The summed E-state index contributed by atoms with van der Waals surface area (Å²) in [5.41, 5.74) is 8.59. The Balaban J connectivity index is 1.78. The van der Waals surface area contributed by atoms with Crippen molar-refractivity contribution < 1.29 is 23.5 Å². The van der Waals surface area contributed by atoms with Gasteiger partial charge in [0.1, 0.15) is 17.9 Å². The normalized spacial score (nSPS) is 12.3. The lowest BCUT2D eigenvalue weighted by Gasteiger charge is -2.23. The second-order valence-electron chi connectivity index (χ2n) is 8.37. The molecule has 2 amide bonds. The SMILES string of the molecule is CCOC(=O)[C@H](Cc1ccc(F)cc1)NC(=O)[C@H](Cc1ccc(N)cc1)NC(=O)Cc1ccccc1. The largest absolute Gasteiger partial charge is 0.464 e. The van der Waals surface area contributed by atoms with Gasteiger partial charge in [0.15, 0.2) is 0 Å². The number of benzene rings is 3. The molecule has 0 aliphatic rings. The number of rotatable bonds is 11. The molecular weight excluding hydrogens is 461 g/mol. The highest BCUT2D eigenvalue weighted by atomic mass is 19.1. The van der Waals surface area contributed by atoms with Crippen LogP contribution in [0.2, 0.25) is 0 Å². The standard InChI is InChI=1S/C28H30FN3O4/c1-2-36-28(35)25(17-20-8-12-22(29)13-9-20)32-27(34)24(16-21-10-14-23(30)15-11-21)31-26(33)18-19-6-4-3-5-7-19/h3-15,24-25H,2,16-18,30H2,1H3,(H,31,33)(H,32,34)/t24-,25-/m0/s1. The molecule has 0 unspecified atom stereocenters. The van der Waals surface area contributed by atoms with Gasteiger partial charge < -0.3 is 21.1 Å². The van der Waals surface area contributed by atoms with E-state index in [0.717, 1.165) is 11.1 Å². The summed E-state index contributed by atoms with van der Waals surface area (Å²) in [6.45, 7) is 1.81. The zero-order valence-corrected chi connectivity index (χ0v) is 20.1. The summed E-state index contributed by atoms with van der Waals surface area (Å²) in [6, 6.07) is 19.9. The van der Waals surface area contributed by atoms with E-state index in [1.165, 1.54) is 12.1 Å². The molecule has 0 spiro atoms. The first-order chi connectivity index (χ1) is 17.3. The third-order valence-corrected chi connectivity index (χ3v) is 5.52. The Kier molecular flexibility index (Phi) is 9.56. The third-order valence-electron chi connectivity index (χ3n) is 5.52. The van der Waals surface area contributed by atoms with Crippen molar-refractivity contribution in [3.63, 3.8) is 0 Å². The summed E-state index contributed by atoms with van der Waals surface area (Å²) in [5, 5.41) is 5.51. The molecular formula is C28H30FN3O4. The molecule has 0 heterocycles. The summed E-state index contributed by atoms with van der Waals surface area (Å²) >= 11 is 0. The van der Waals surface area contributed by atoms with E-state index in [9.17, 15) is 18.8 Å². The maximum atomic E-state index is 13.3. The first-order valence-corrected chi connectivity index (χ1v) is 11.7. The fraction of sp³-hybridized carbons (Fsp3) is 0.250. The minimum atomic E-state index is -1.01. The van der Waals surface area contributed by atoms with Crippen LogP contribution in [0, 0.1) is 5.82 Å². The van der Waals surface area contributed by atoms with Crippen LogP contribution >= 0.6 is 0 Å². The summed E-state index contributed by atoms with van der Waals surface area (Å²) in [6.07, 6.45) is 0.402. The highest BCUT2D eigenvalue weighted by Crippen LogP contribution is 2.11. The summed E-state index contributed by atoms with van der Waals surface area (Å²) in [7, 11) is 0. The molecule has 0 saturated carbocycles. The zero-order valence-electron chi connectivity index (χ0n) is 20.1. The van der Waals surface area contributed by atoms with Gasteiger partial charge in [-0.25, -0.2) is 9.18 Å². The Hall–Kier alpha value is -4.20. The van der Waals surface area contributed by atoms with Gasteiger partial charge in [-0.2, -0.15) is 0 Å². The molecule has 0 fully saturated rings. The summed E-state index contributed by atoms with van der Waals surface area (Å²) in [5.74, 6) is -1.88. The van der Waals surface area contributed by atoms with Crippen LogP contribution in [-0.2, 0) is 38.4 Å². The van der Waals surface area contributed by atoms with Crippen LogP contribution in [0.5, 0.6) is 0 Å².